The summed E-state index contributed by atoms with van der Waals surface area (Å²) in [6, 6.07) is 6.83. The van der Waals surface area contributed by atoms with Crippen molar-refractivity contribution in [2.75, 3.05) is 0 Å². The van der Waals surface area contributed by atoms with Crippen LogP contribution in [0.5, 0.6) is 0 Å². The molecular formula is C13H15I. The first-order chi connectivity index (χ1) is 6.72. The van der Waals surface area contributed by atoms with Gasteiger partial charge in [-0.3, -0.25) is 0 Å². The number of allylic oxidation sites excluding steroid dienone is 1. The van der Waals surface area contributed by atoms with E-state index in [0.717, 1.165) is 5.92 Å². The summed E-state index contributed by atoms with van der Waals surface area (Å²) in [6.45, 7) is 6.05. The van der Waals surface area contributed by atoms with Crippen LogP contribution in [0.15, 0.2) is 30.9 Å². The highest BCUT2D eigenvalue weighted by Crippen LogP contribution is 2.42. The number of hydrogen-bond donors (Lipinski definition) is 0. The summed E-state index contributed by atoms with van der Waals surface area (Å²) < 4.78 is 1.42. The molecule has 74 valence electrons. The molecule has 0 bridgehead atoms. The molecule has 1 unspecified atom stereocenters. The summed E-state index contributed by atoms with van der Waals surface area (Å²) in [4.78, 5) is 0. The number of rotatable bonds is 3. The van der Waals surface area contributed by atoms with Gasteiger partial charge in [-0.1, -0.05) is 25.1 Å². The number of benzene rings is 1. The number of halogens is 1. The fraction of sp³-hybridized carbons (Fsp3) is 0.385. The molecule has 1 heteroatoms. The quantitative estimate of drug-likeness (QED) is 0.571. The van der Waals surface area contributed by atoms with E-state index in [-0.39, 0.29) is 0 Å². The van der Waals surface area contributed by atoms with Gasteiger partial charge in [-0.2, -0.15) is 0 Å². The van der Waals surface area contributed by atoms with Crippen molar-refractivity contribution in [1.29, 1.82) is 0 Å². The molecule has 0 aromatic heterocycles. The lowest BCUT2D eigenvalue weighted by molar-refractivity contribution is 0.957. The van der Waals surface area contributed by atoms with Gasteiger partial charge in [0.15, 0.2) is 0 Å². The van der Waals surface area contributed by atoms with Crippen LogP contribution in [0.1, 0.15) is 42.7 Å². The molecule has 1 aliphatic rings. The Morgan fingerprint density at radius 2 is 2.21 bits per heavy atom. The normalized spacial score (nSPS) is 17.9. The lowest BCUT2D eigenvalue weighted by atomic mass is 9.98. The molecule has 2 rings (SSSR count). The zero-order chi connectivity index (χ0) is 10.1. The highest BCUT2D eigenvalue weighted by molar-refractivity contribution is 14.1. The van der Waals surface area contributed by atoms with Gasteiger partial charge < -0.3 is 0 Å². The Balaban J connectivity index is 2.34. The van der Waals surface area contributed by atoms with E-state index in [2.05, 4.69) is 54.3 Å². The van der Waals surface area contributed by atoms with Crippen LogP contribution in [0.3, 0.4) is 0 Å². The molecule has 0 spiro atoms. The zero-order valence-corrected chi connectivity index (χ0v) is 10.6. The second-order valence-electron chi connectivity index (χ2n) is 4.08. The minimum Gasteiger partial charge on any atom is -0.102 e. The van der Waals surface area contributed by atoms with E-state index in [4.69, 9.17) is 0 Å². The molecule has 1 fully saturated rings. The minimum atomic E-state index is 0.476. The van der Waals surface area contributed by atoms with Crippen LogP contribution in [0.25, 0.3) is 0 Å². The molecule has 0 aliphatic heterocycles. The van der Waals surface area contributed by atoms with Crippen molar-refractivity contribution in [3.05, 3.63) is 45.6 Å². The van der Waals surface area contributed by atoms with Crippen molar-refractivity contribution in [2.45, 2.75) is 31.6 Å². The Hall–Kier alpha value is -0.310. The first-order valence-electron chi connectivity index (χ1n) is 5.14. The standard InChI is InChI=1S/C13H15I/c1-3-9(2)11-6-7-13(14)12(8-11)10-4-5-10/h3,6-10H,1,4-5H2,2H3. The molecule has 0 nitrogen and oxygen atoms in total. The van der Waals surface area contributed by atoms with Crippen molar-refractivity contribution >= 4 is 22.6 Å². The summed E-state index contributed by atoms with van der Waals surface area (Å²) in [6.07, 6.45) is 4.77. The van der Waals surface area contributed by atoms with E-state index >= 15 is 0 Å². The maximum Gasteiger partial charge on any atom is 0.0165 e. The summed E-state index contributed by atoms with van der Waals surface area (Å²) >= 11 is 2.44. The highest BCUT2D eigenvalue weighted by atomic mass is 127. The molecular weight excluding hydrogens is 283 g/mol. The molecule has 1 atom stereocenters. The maximum absolute atomic E-state index is 3.85. The van der Waals surface area contributed by atoms with E-state index in [0.29, 0.717) is 5.92 Å². The average molecular weight is 298 g/mol. The molecule has 0 radical (unpaired) electrons. The number of hydrogen-bond acceptors (Lipinski definition) is 0. The largest absolute Gasteiger partial charge is 0.102 e. The van der Waals surface area contributed by atoms with Gasteiger partial charge in [0.2, 0.25) is 0 Å². The molecule has 14 heavy (non-hydrogen) atoms. The van der Waals surface area contributed by atoms with Gasteiger partial charge in [-0.15, -0.1) is 6.58 Å². The lowest BCUT2D eigenvalue weighted by Crippen LogP contribution is -1.93. The topological polar surface area (TPSA) is 0 Å². The first kappa shape index (κ1) is 10.2. The van der Waals surface area contributed by atoms with Gasteiger partial charge in [0.25, 0.3) is 0 Å². The van der Waals surface area contributed by atoms with Crippen LogP contribution in [-0.4, -0.2) is 0 Å². The molecule has 0 heterocycles. The van der Waals surface area contributed by atoms with Crippen LogP contribution in [0.4, 0.5) is 0 Å². The van der Waals surface area contributed by atoms with Crippen molar-refractivity contribution in [3.63, 3.8) is 0 Å². The Bertz CT molecular complexity index is 350. The second-order valence-corrected chi connectivity index (χ2v) is 5.24. The van der Waals surface area contributed by atoms with Crippen LogP contribution in [0.2, 0.25) is 0 Å². The van der Waals surface area contributed by atoms with Crippen molar-refractivity contribution in [1.82, 2.24) is 0 Å². The fourth-order valence-electron chi connectivity index (χ4n) is 1.69. The zero-order valence-electron chi connectivity index (χ0n) is 8.46. The third-order valence-corrected chi connectivity index (χ3v) is 3.90. The highest BCUT2D eigenvalue weighted by Gasteiger charge is 2.25. The van der Waals surface area contributed by atoms with E-state index in [1.165, 1.54) is 22.0 Å². The third-order valence-electron chi connectivity index (χ3n) is 2.92. The van der Waals surface area contributed by atoms with E-state index < -0.39 is 0 Å². The van der Waals surface area contributed by atoms with Crippen molar-refractivity contribution in [3.8, 4) is 0 Å². The van der Waals surface area contributed by atoms with Crippen LogP contribution in [-0.2, 0) is 0 Å². The molecule has 1 aromatic rings. The van der Waals surface area contributed by atoms with Gasteiger partial charge in [-0.25, -0.2) is 0 Å². The molecule has 0 N–H and O–H groups in total. The minimum absolute atomic E-state index is 0.476. The molecule has 1 aliphatic carbocycles. The molecule has 1 saturated carbocycles. The molecule has 1 aromatic carbocycles. The summed E-state index contributed by atoms with van der Waals surface area (Å²) in [5.41, 5.74) is 2.96. The monoisotopic (exact) mass is 298 g/mol. The summed E-state index contributed by atoms with van der Waals surface area (Å²) in [5, 5.41) is 0. The van der Waals surface area contributed by atoms with Crippen LogP contribution in [0, 0.1) is 3.57 Å². The Kier molecular flexibility index (Phi) is 2.96. The average Bonchev–Trinajstić information content (AvgIpc) is 3.01. The summed E-state index contributed by atoms with van der Waals surface area (Å²) in [7, 11) is 0. The lowest BCUT2D eigenvalue weighted by Gasteiger charge is -2.10. The van der Waals surface area contributed by atoms with Gasteiger partial charge in [0, 0.05) is 3.57 Å². The SMILES string of the molecule is C=CC(C)c1ccc(I)c(C2CC2)c1. The van der Waals surface area contributed by atoms with Gasteiger partial charge in [0.1, 0.15) is 0 Å². The van der Waals surface area contributed by atoms with Crippen LogP contribution >= 0.6 is 22.6 Å². The van der Waals surface area contributed by atoms with E-state index in [9.17, 15) is 0 Å². The smallest absolute Gasteiger partial charge is 0.0165 e. The second kappa shape index (κ2) is 4.05. The van der Waals surface area contributed by atoms with Crippen molar-refractivity contribution in [2.24, 2.45) is 0 Å². The maximum atomic E-state index is 3.85. The van der Waals surface area contributed by atoms with Gasteiger partial charge in [-0.05, 0) is 64.5 Å². The molecule has 0 saturated heterocycles. The van der Waals surface area contributed by atoms with Crippen LogP contribution < -0.4 is 0 Å². The van der Waals surface area contributed by atoms with Crippen molar-refractivity contribution < 1.29 is 0 Å². The fourth-order valence-corrected chi connectivity index (χ4v) is 2.46. The summed E-state index contributed by atoms with van der Waals surface area (Å²) in [5.74, 6) is 1.32. The Labute approximate surface area is 99.6 Å². The Morgan fingerprint density at radius 1 is 1.50 bits per heavy atom. The van der Waals surface area contributed by atoms with Gasteiger partial charge in [0.05, 0.1) is 0 Å². The third kappa shape index (κ3) is 2.02. The first-order valence-corrected chi connectivity index (χ1v) is 6.22. The predicted octanol–water partition coefficient (Wildman–Crippen LogP) is 4.46. The predicted molar refractivity (Wildman–Crippen MR) is 69.7 cm³/mol. The Morgan fingerprint density at radius 3 is 2.79 bits per heavy atom. The molecule has 0 amide bonds. The van der Waals surface area contributed by atoms with E-state index in [1.54, 1.807) is 5.56 Å². The van der Waals surface area contributed by atoms with Gasteiger partial charge >= 0.3 is 0 Å². The van der Waals surface area contributed by atoms with E-state index in [1.807, 2.05) is 6.08 Å².